The highest BCUT2D eigenvalue weighted by Crippen LogP contribution is 2.34. The van der Waals surface area contributed by atoms with E-state index >= 15 is 0 Å². The van der Waals surface area contributed by atoms with Gasteiger partial charge in [-0.05, 0) is 59.1 Å². The van der Waals surface area contributed by atoms with Crippen molar-refractivity contribution in [3.63, 3.8) is 0 Å². The van der Waals surface area contributed by atoms with E-state index in [0.717, 1.165) is 5.56 Å². The maximum atomic E-state index is 13.1. The summed E-state index contributed by atoms with van der Waals surface area (Å²) in [5.74, 6) is -0.886. The summed E-state index contributed by atoms with van der Waals surface area (Å²) in [6, 6.07) is 6.21. The number of carbonyl (C=O) groups is 1. The van der Waals surface area contributed by atoms with Crippen LogP contribution < -0.4 is 0 Å². The molecule has 0 bridgehead atoms. The molecule has 0 saturated carbocycles. The molecule has 0 spiro atoms. The number of aliphatic hydroxyl groups is 1. The molecular formula is C19H29NO5S. The van der Waals surface area contributed by atoms with Gasteiger partial charge in [-0.15, -0.1) is 0 Å². The largest absolute Gasteiger partial charge is 0.460 e. The molecular weight excluding hydrogens is 354 g/mol. The Bertz CT molecular complexity index is 721. The molecule has 7 heteroatoms. The second kappa shape index (κ2) is 8.06. The molecule has 0 unspecified atom stereocenters. The summed E-state index contributed by atoms with van der Waals surface area (Å²) in [6.45, 7) is 7.51. The van der Waals surface area contributed by atoms with Crippen LogP contribution in [0.15, 0.2) is 29.2 Å². The normalized spacial score (nSPS) is 21.7. The number of ether oxygens (including phenoxy) is 1. The van der Waals surface area contributed by atoms with Gasteiger partial charge in [0.15, 0.2) is 0 Å². The zero-order valence-electron chi connectivity index (χ0n) is 15.9. The molecule has 1 aliphatic heterocycles. The summed E-state index contributed by atoms with van der Waals surface area (Å²) in [6.07, 6.45) is 1.28. The predicted octanol–water partition coefficient (Wildman–Crippen LogP) is 2.49. The van der Waals surface area contributed by atoms with E-state index in [1.807, 2.05) is 6.92 Å². The average molecular weight is 384 g/mol. The average Bonchev–Trinajstić information content (AvgIpc) is 2.96. The van der Waals surface area contributed by atoms with E-state index in [0.29, 0.717) is 19.3 Å². The number of hydrogen-bond donors (Lipinski definition) is 1. The van der Waals surface area contributed by atoms with Crippen molar-refractivity contribution >= 4 is 16.0 Å². The van der Waals surface area contributed by atoms with Crippen LogP contribution >= 0.6 is 0 Å². The predicted molar refractivity (Wildman–Crippen MR) is 99.1 cm³/mol. The number of sulfonamides is 1. The van der Waals surface area contributed by atoms with E-state index < -0.39 is 27.6 Å². The highest BCUT2D eigenvalue weighted by Gasteiger charge is 2.45. The standard InChI is InChI=1S/C19H29NO5S/c1-14-7-9-15(10-8-14)26(23,24)20-12-11-16(17(20)6-5-13-21)18(22)25-19(2,3)4/h7-10,16-17,21H,5-6,11-13H2,1-4H3/t16-,17+/m1/s1. The first kappa shape index (κ1) is 20.9. The van der Waals surface area contributed by atoms with Crippen molar-refractivity contribution in [3.8, 4) is 0 Å². The maximum absolute atomic E-state index is 13.1. The molecule has 2 rings (SSSR count). The number of carbonyl (C=O) groups excluding carboxylic acids is 1. The van der Waals surface area contributed by atoms with Crippen molar-refractivity contribution in [2.75, 3.05) is 13.2 Å². The molecule has 2 atom stereocenters. The van der Waals surface area contributed by atoms with E-state index in [-0.39, 0.29) is 24.0 Å². The smallest absolute Gasteiger partial charge is 0.311 e. The van der Waals surface area contributed by atoms with Gasteiger partial charge in [0.2, 0.25) is 10.0 Å². The lowest BCUT2D eigenvalue weighted by atomic mass is 9.96. The lowest BCUT2D eigenvalue weighted by Crippen LogP contribution is -2.41. The van der Waals surface area contributed by atoms with Gasteiger partial charge >= 0.3 is 5.97 Å². The minimum absolute atomic E-state index is 0.0457. The third kappa shape index (κ3) is 4.84. The van der Waals surface area contributed by atoms with E-state index in [9.17, 15) is 18.3 Å². The van der Waals surface area contributed by atoms with Gasteiger partial charge in [0.25, 0.3) is 0 Å². The second-order valence-corrected chi connectivity index (χ2v) is 9.68. The summed E-state index contributed by atoms with van der Waals surface area (Å²) >= 11 is 0. The van der Waals surface area contributed by atoms with Crippen molar-refractivity contribution < 1.29 is 23.1 Å². The van der Waals surface area contributed by atoms with Crippen LogP contribution in [0, 0.1) is 12.8 Å². The lowest BCUT2D eigenvalue weighted by Gasteiger charge is -2.29. The number of rotatable bonds is 6. The van der Waals surface area contributed by atoms with Crippen LogP contribution in [0.3, 0.4) is 0 Å². The summed E-state index contributed by atoms with van der Waals surface area (Å²) in [4.78, 5) is 12.8. The number of aryl methyl sites for hydroxylation is 1. The number of hydrogen-bond acceptors (Lipinski definition) is 5. The van der Waals surface area contributed by atoms with E-state index in [1.165, 1.54) is 4.31 Å². The zero-order chi connectivity index (χ0) is 19.5. The van der Waals surface area contributed by atoms with Crippen LogP contribution in [-0.4, -0.2) is 48.6 Å². The molecule has 146 valence electrons. The van der Waals surface area contributed by atoms with Crippen molar-refractivity contribution in [1.29, 1.82) is 0 Å². The van der Waals surface area contributed by atoms with Crippen molar-refractivity contribution in [2.45, 2.75) is 63.5 Å². The Hall–Kier alpha value is -1.44. The third-order valence-corrected chi connectivity index (χ3v) is 6.43. The first-order chi connectivity index (χ1) is 12.1. The van der Waals surface area contributed by atoms with Gasteiger partial charge in [-0.2, -0.15) is 4.31 Å². The molecule has 0 aromatic heterocycles. The molecule has 1 fully saturated rings. The van der Waals surface area contributed by atoms with Gasteiger partial charge in [0.05, 0.1) is 10.8 Å². The summed E-state index contributed by atoms with van der Waals surface area (Å²) in [5, 5.41) is 9.19. The van der Waals surface area contributed by atoms with Gasteiger partial charge in [-0.25, -0.2) is 8.42 Å². The molecule has 1 aliphatic rings. The van der Waals surface area contributed by atoms with Crippen molar-refractivity contribution in [1.82, 2.24) is 4.31 Å². The van der Waals surface area contributed by atoms with E-state index in [2.05, 4.69) is 0 Å². The Morgan fingerprint density at radius 3 is 2.42 bits per heavy atom. The molecule has 6 nitrogen and oxygen atoms in total. The topological polar surface area (TPSA) is 83.9 Å². The van der Waals surface area contributed by atoms with Gasteiger partial charge < -0.3 is 9.84 Å². The Morgan fingerprint density at radius 2 is 1.88 bits per heavy atom. The quantitative estimate of drug-likeness (QED) is 0.763. The Labute approximate surface area is 156 Å². The van der Waals surface area contributed by atoms with Crippen LogP contribution in [0.25, 0.3) is 0 Å². The Kier molecular flexibility index (Phi) is 6.47. The van der Waals surface area contributed by atoms with Crippen LogP contribution in [0.5, 0.6) is 0 Å². The first-order valence-corrected chi connectivity index (χ1v) is 10.4. The molecule has 1 heterocycles. The first-order valence-electron chi connectivity index (χ1n) is 8.98. The highest BCUT2D eigenvalue weighted by molar-refractivity contribution is 7.89. The zero-order valence-corrected chi connectivity index (χ0v) is 16.8. The molecule has 0 radical (unpaired) electrons. The molecule has 1 saturated heterocycles. The summed E-state index contributed by atoms with van der Waals surface area (Å²) < 4.78 is 33.1. The molecule has 26 heavy (non-hydrogen) atoms. The Morgan fingerprint density at radius 1 is 1.27 bits per heavy atom. The van der Waals surface area contributed by atoms with Crippen LogP contribution in [-0.2, 0) is 19.6 Å². The fourth-order valence-corrected chi connectivity index (χ4v) is 4.97. The second-order valence-electron chi connectivity index (χ2n) is 7.79. The lowest BCUT2D eigenvalue weighted by molar-refractivity contribution is -0.160. The molecule has 1 aromatic carbocycles. The van der Waals surface area contributed by atoms with Crippen molar-refractivity contribution in [3.05, 3.63) is 29.8 Å². The van der Waals surface area contributed by atoms with Crippen LogP contribution in [0.1, 0.15) is 45.6 Å². The molecule has 0 aliphatic carbocycles. The van der Waals surface area contributed by atoms with Gasteiger partial charge in [-0.1, -0.05) is 17.7 Å². The molecule has 1 N–H and O–H groups in total. The van der Waals surface area contributed by atoms with E-state index in [1.54, 1.807) is 45.0 Å². The fourth-order valence-electron chi connectivity index (χ4n) is 3.27. The van der Waals surface area contributed by atoms with Gasteiger partial charge in [0.1, 0.15) is 5.60 Å². The molecule has 1 aromatic rings. The van der Waals surface area contributed by atoms with Gasteiger partial charge in [-0.3, -0.25) is 4.79 Å². The number of benzene rings is 1. The SMILES string of the molecule is Cc1ccc(S(=O)(=O)N2CC[C@@H](C(=O)OC(C)(C)C)[C@@H]2CCCO)cc1. The molecule has 0 amide bonds. The maximum Gasteiger partial charge on any atom is 0.311 e. The summed E-state index contributed by atoms with van der Waals surface area (Å²) in [5.41, 5.74) is 0.357. The van der Waals surface area contributed by atoms with Crippen LogP contribution in [0.4, 0.5) is 0 Å². The van der Waals surface area contributed by atoms with Crippen LogP contribution in [0.2, 0.25) is 0 Å². The number of aliphatic hydroxyl groups excluding tert-OH is 1. The monoisotopic (exact) mass is 383 g/mol. The van der Waals surface area contributed by atoms with Crippen molar-refractivity contribution in [2.24, 2.45) is 5.92 Å². The highest BCUT2D eigenvalue weighted by atomic mass is 32.2. The minimum Gasteiger partial charge on any atom is -0.460 e. The van der Waals surface area contributed by atoms with Gasteiger partial charge in [0, 0.05) is 19.2 Å². The number of nitrogens with zero attached hydrogens (tertiary/aromatic N) is 1. The third-order valence-electron chi connectivity index (χ3n) is 4.49. The fraction of sp³-hybridized carbons (Fsp3) is 0.632. The Balaban J connectivity index is 2.29. The number of esters is 1. The minimum atomic E-state index is -3.70. The summed E-state index contributed by atoms with van der Waals surface area (Å²) in [7, 11) is -3.70. The van der Waals surface area contributed by atoms with E-state index in [4.69, 9.17) is 4.74 Å².